The molecule has 172 valence electrons. The van der Waals surface area contributed by atoms with E-state index in [2.05, 4.69) is 10.6 Å². The highest BCUT2D eigenvalue weighted by atomic mass is 32.2. The molecule has 2 N–H and O–H groups in total. The average Bonchev–Trinajstić information content (AvgIpc) is 3.34. The van der Waals surface area contributed by atoms with Crippen molar-refractivity contribution < 1.29 is 27.5 Å². The first-order chi connectivity index (χ1) is 15.3. The molecule has 2 unspecified atom stereocenters. The highest BCUT2D eigenvalue weighted by Crippen LogP contribution is 2.27. The van der Waals surface area contributed by atoms with Crippen LogP contribution in [0.25, 0.3) is 0 Å². The molecule has 3 amide bonds. The number of imide groups is 1. The molecule has 0 aliphatic carbocycles. The summed E-state index contributed by atoms with van der Waals surface area (Å²) < 4.78 is 32.1. The van der Waals surface area contributed by atoms with Gasteiger partial charge in [0.25, 0.3) is 15.9 Å². The molecule has 1 aliphatic rings. The van der Waals surface area contributed by atoms with Gasteiger partial charge in [-0.3, -0.25) is 14.9 Å². The first-order valence-electron chi connectivity index (χ1n) is 10.1. The van der Waals surface area contributed by atoms with Gasteiger partial charge in [0.2, 0.25) is 0 Å². The van der Waals surface area contributed by atoms with E-state index in [9.17, 15) is 22.8 Å². The molecule has 11 heteroatoms. The van der Waals surface area contributed by atoms with E-state index in [0.717, 1.165) is 16.9 Å². The van der Waals surface area contributed by atoms with Crippen molar-refractivity contribution in [3.8, 4) is 0 Å². The molecule has 2 atom stereocenters. The number of amides is 3. The number of carbonyl (C=O) groups is 3. The molecule has 0 radical (unpaired) electrons. The first-order valence-corrected chi connectivity index (χ1v) is 12.5. The highest BCUT2D eigenvalue weighted by molar-refractivity contribution is 7.91. The molecule has 9 nitrogen and oxygen atoms in total. The molecule has 0 bridgehead atoms. The van der Waals surface area contributed by atoms with E-state index in [-0.39, 0.29) is 17.3 Å². The van der Waals surface area contributed by atoms with Crippen LogP contribution in [0.1, 0.15) is 25.3 Å². The van der Waals surface area contributed by atoms with Gasteiger partial charge in [0.1, 0.15) is 4.21 Å². The molecule has 1 aromatic carbocycles. The maximum Gasteiger partial charge on any atom is 0.321 e. The summed E-state index contributed by atoms with van der Waals surface area (Å²) in [6.07, 6.45) is -0.233. The Balaban J connectivity index is 1.48. The van der Waals surface area contributed by atoms with Crippen LogP contribution in [0, 0.1) is 5.92 Å². The van der Waals surface area contributed by atoms with Crippen molar-refractivity contribution in [3.63, 3.8) is 0 Å². The summed E-state index contributed by atoms with van der Waals surface area (Å²) in [5, 5.41) is 6.37. The zero-order valence-electron chi connectivity index (χ0n) is 17.5. The van der Waals surface area contributed by atoms with Gasteiger partial charge in [0.15, 0.2) is 6.10 Å². The fourth-order valence-electron chi connectivity index (χ4n) is 3.25. The van der Waals surface area contributed by atoms with Gasteiger partial charge in [-0.1, -0.05) is 36.4 Å². The quantitative estimate of drug-likeness (QED) is 0.587. The van der Waals surface area contributed by atoms with E-state index in [1.54, 1.807) is 11.4 Å². The second-order valence-corrected chi connectivity index (χ2v) is 10.5. The number of piperidine rings is 1. The van der Waals surface area contributed by atoms with Gasteiger partial charge in [0, 0.05) is 19.6 Å². The van der Waals surface area contributed by atoms with Crippen molar-refractivity contribution in [2.45, 2.75) is 36.6 Å². The van der Waals surface area contributed by atoms with Crippen LogP contribution in [0.2, 0.25) is 0 Å². The maximum absolute atomic E-state index is 12.7. The number of esters is 1. The Morgan fingerprint density at radius 3 is 2.62 bits per heavy atom. The van der Waals surface area contributed by atoms with E-state index in [0.29, 0.717) is 19.4 Å². The lowest BCUT2D eigenvalue weighted by atomic mass is 10.00. The number of sulfonamides is 1. The van der Waals surface area contributed by atoms with Gasteiger partial charge in [-0.25, -0.2) is 13.2 Å². The lowest BCUT2D eigenvalue weighted by Gasteiger charge is -2.30. The monoisotopic (exact) mass is 479 g/mol. The Hall–Kier alpha value is -2.76. The van der Waals surface area contributed by atoms with E-state index >= 15 is 0 Å². The van der Waals surface area contributed by atoms with Crippen molar-refractivity contribution in [1.29, 1.82) is 0 Å². The molecule has 2 heterocycles. The molecule has 2 aromatic rings. The molecule has 1 aliphatic heterocycles. The standard InChI is InChI=1S/C21H25N3O6S2/c1-15(19(25)23-21(27)22-13-16-7-3-2-4-8-16)30-20(26)17-9-5-11-24(14-17)32(28,29)18-10-6-12-31-18/h2-4,6-8,10,12,15,17H,5,9,11,13-14H2,1H3,(H2,22,23,25,27). The molecule has 3 rings (SSSR count). The van der Waals surface area contributed by atoms with Crippen LogP contribution in [0.3, 0.4) is 0 Å². The highest BCUT2D eigenvalue weighted by Gasteiger charge is 2.35. The number of nitrogens with one attached hydrogen (secondary N) is 2. The lowest BCUT2D eigenvalue weighted by molar-refractivity contribution is -0.159. The number of benzene rings is 1. The molecular weight excluding hydrogens is 454 g/mol. The Labute approximate surface area is 190 Å². The summed E-state index contributed by atoms with van der Waals surface area (Å²) in [7, 11) is -3.66. The fourth-order valence-corrected chi connectivity index (χ4v) is 5.92. The van der Waals surface area contributed by atoms with Crippen LogP contribution in [0.15, 0.2) is 52.1 Å². The molecule has 1 aromatic heterocycles. The Bertz CT molecular complexity index is 1040. The number of nitrogens with zero attached hydrogens (tertiary/aromatic N) is 1. The van der Waals surface area contributed by atoms with Crippen LogP contribution < -0.4 is 10.6 Å². The molecule has 0 saturated carbocycles. The zero-order valence-corrected chi connectivity index (χ0v) is 19.2. The summed E-state index contributed by atoms with van der Waals surface area (Å²) in [5.41, 5.74) is 0.869. The lowest BCUT2D eigenvalue weighted by Crippen LogP contribution is -2.46. The van der Waals surface area contributed by atoms with Crippen LogP contribution in [0.5, 0.6) is 0 Å². The van der Waals surface area contributed by atoms with Crippen molar-refractivity contribution in [2.75, 3.05) is 13.1 Å². The molecule has 32 heavy (non-hydrogen) atoms. The van der Waals surface area contributed by atoms with Crippen LogP contribution in [0.4, 0.5) is 4.79 Å². The number of ether oxygens (including phenoxy) is 1. The molecular formula is C21H25N3O6S2. The number of thiophene rings is 1. The minimum absolute atomic E-state index is 0.00896. The van der Waals surface area contributed by atoms with Gasteiger partial charge in [-0.05, 0) is 36.8 Å². The Morgan fingerprint density at radius 1 is 1.19 bits per heavy atom. The van der Waals surface area contributed by atoms with E-state index in [1.807, 2.05) is 30.3 Å². The van der Waals surface area contributed by atoms with Crippen molar-refractivity contribution in [3.05, 3.63) is 53.4 Å². The first kappa shape index (κ1) is 23.9. The third-order valence-electron chi connectivity index (χ3n) is 5.00. The largest absolute Gasteiger partial charge is 0.452 e. The van der Waals surface area contributed by atoms with Gasteiger partial charge in [-0.15, -0.1) is 11.3 Å². The smallest absolute Gasteiger partial charge is 0.321 e. The topological polar surface area (TPSA) is 122 Å². The normalized spacial score (nSPS) is 17.8. The summed E-state index contributed by atoms with van der Waals surface area (Å²) in [6, 6.07) is 11.7. The fraction of sp³-hybridized carbons (Fsp3) is 0.381. The molecule has 1 saturated heterocycles. The third kappa shape index (κ3) is 6.15. The molecule has 0 spiro atoms. The summed E-state index contributed by atoms with van der Waals surface area (Å²) in [4.78, 5) is 36.7. The van der Waals surface area contributed by atoms with Gasteiger partial charge in [0.05, 0.1) is 5.92 Å². The van der Waals surface area contributed by atoms with Crippen molar-refractivity contribution in [2.24, 2.45) is 5.92 Å². The van der Waals surface area contributed by atoms with Crippen LogP contribution in [-0.2, 0) is 30.9 Å². The van der Waals surface area contributed by atoms with Crippen LogP contribution in [-0.4, -0.2) is 49.8 Å². The minimum Gasteiger partial charge on any atom is -0.452 e. The predicted molar refractivity (Wildman–Crippen MR) is 118 cm³/mol. The summed E-state index contributed by atoms with van der Waals surface area (Å²) in [5.74, 6) is -2.10. The van der Waals surface area contributed by atoms with Gasteiger partial charge in [-0.2, -0.15) is 4.31 Å². The second-order valence-electron chi connectivity index (χ2n) is 7.37. The Kier molecular flexibility index (Phi) is 7.99. The predicted octanol–water partition coefficient (Wildman–Crippen LogP) is 2.11. The van der Waals surface area contributed by atoms with E-state index in [4.69, 9.17) is 4.74 Å². The number of rotatable bonds is 7. The van der Waals surface area contributed by atoms with E-state index in [1.165, 1.54) is 17.3 Å². The maximum atomic E-state index is 12.7. The SMILES string of the molecule is CC(OC(=O)C1CCCN(S(=O)(=O)c2cccs2)C1)C(=O)NC(=O)NCc1ccccc1. The molecule has 1 fully saturated rings. The second kappa shape index (κ2) is 10.7. The van der Waals surface area contributed by atoms with Gasteiger partial charge < -0.3 is 10.1 Å². The third-order valence-corrected chi connectivity index (χ3v) is 8.24. The minimum atomic E-state index is -3.66. The Morgan fingerprint density at radius 2 is 1.94 bits per heavy atom. The number of urea groups is 1. The van der Waals surface area contributed by atoms with Crippen molar-refractivity contribution in [1.82, 2.24) is 14.9 Å². The number of hydrogen-bond donors (Lipinski definition) is 2. The number of hydrogen-bond acceptors (Lipinski definition) is 7. The average molecular weight is 480 g/mol. The number of carbonyl (C=O) groups excluding carboxylic acids is 3. The summed E-state index contributed by atoms with van der Waals surface area (Å²) in [6.45, 7) is 1.91. The van der Waals surface area contributed by atoms with Gasteiger partial charge >= 0.3 is 12.0 Å². The van der Waals surface area contributed by atoms with E-state index < -0.39 is 40.0 Å². The van der Waals surface area contributed by atoms with Crippen LogP contribution >= 0.6 is 11.3 Å². The van der Waals surface area contributed by atoms with Crippen molar-refractivity contribution >= 4 is 39.3 Å². The summed E-state index contributed by atoms with van der Waals surface area (Å²) >= 11 is 1.12. The zero-order chi connectivity index (χ0) is 23.1.